The first-order valence-corrected chi connectivity index (χ1v) is 13.2. The third-order valence-corrected chi connectivity index (χ3v) is 7.30. The fraction of sp³-hybridized carbons (Fsp3) is 0.393. The number of unbranched alkanes of at least 4 members (excludes halogenated alkanes) is 4. The van der Waals surface area contributed by atoms with E-state index in [1.807, 2.05) is 18.2 Å². The van der Waals surface area contributed by atoms with Crippen molar-refractivity contribution >= 4 is 33.7 Å². The highest BCUT2D eigenvalue weighted by Gasteiger charge is 2.25. The molecule has 0 saturated carbocycles. The lowest BCUT2D eigenvalue weighted by Gasteiger charge is -2.23. The molecule has 3 rings (SSSR count). The summed E-state index contributed by atoms with van der Waals surface area (Å²) in [6.45, 7) is 7.28. The third kappa shape index (κ3) is 6.92. The molecule has 0 unspecified atom stereocenters. The van der Waals surface area contributed by atoms with Crippen LogP contribution in [0.3, 0.4) is 0 Å². The van der Waals surface area contributed by atoms with Gasteiger partial charge in [-0.3, -0.25) is 9.69 Å². The number of carbonyl (C=O) groups is 1. The molecular formula is C28H35ClN2OS. The highest BCUT2D eigenvalue weighted by molar-refractivity contribution is 7.20. The molecule has 0 spiro atoms. The quantitative estimate of drug-likeness (QED) is 0.198. The zero-order valence-electron chi connectivity index (χ0n) is 19.8. The summed E-state index contributed by atoms with van der Waals surface area (Å²) in [6, 6.07) is 17.4. The molecule has 5 heteroatoms. The normalized spacial score (nSPS) is 11.3. The number of hydrogen-bond acceptors (Lipinski definition) is 4. The van der Waals surface area contributed by atoms with Gasteiger partial charge in [0.05, 0.1) is 10.6 Å². The molecule has 3 nitrogen and oxygen atoms in total. The topological polar surface area (TPSA) is 46.3 Å². The molecule has 0 aliphatic rings. The first-order valence-electron chi connectivity index (χ1n) is 12.0. The number of ketones is 1. The van der Waals surface area contributed by atoms with Crippen LogP contribution in [0.25, 0.3) is 10.4 Å². The van der Waals surface area contributed by atoms with Crippen molar-refractivity contribution in [2.45, 2.75) is 58.9 Å². The zero-order chi connectivity index (χ0) is 23.6. The molecule has 0 bridgehead atoms. The van der Waals surface area contributed by atoms with E-state index in [0.717, 1.165) is 35.6 Å². The number of halogens is 1. The Morgan fingerprint density at radius 1 is 0.909 bits per heavy atom. The number of nitrogens with zero attached hydrogens (tertiary/aromatic N) is 1. The number of rotatable bonds is 13. The second kappa shape index (κ2) is 12.9. The molecule has 2 aromatic carbocycles. The summed E-state index contributed by atoms with van der Waals surface area (Å²) in [5.41, 5.74) is 9.95. The summed E-state index contributed by atoms with van der Waals surface area (Å²) < 4.78 is 0. The summed E-state index contributed by atoms with van der Waals surface area (Å²) in [6.07, 6.45) is 7.18. The van der Waals surface area contributed by atoms with Gasteiger partial charge >= 0.3 is 0 Å². The van der Waals surface area contributed by atoms with E-state index in [-0.39, 0.29) is 5.78 Å². The lowest BCUT2D eigenvalue weighted by Crippen LogP contribution is -2.26. The SMILES string of the molecule is CCCCCN(CCCCC)Cc1c(-c2ccccc2)sc(N)c1C(=O)c1ccc(Cl)cc1. The van der Waals surface area contributed by atoms with Crippen LogP contribution in [0.15, 0.2) is 54.6 Å². The number of anilines is 1. The van der Waals surface area contributed by atoms with Crippen LogP contribution in [0.2, 0.25) is 5.02 Å². The van der Waals surface area contributed by atoms with Crippen LogP contribution in [0, 0.1) is 0 Å². The zero-order valence-corrected chi connectivity index (χ0v) is 21.4. The van der Waals surface area contributed by atoms with Gasteiger partial charge in [0, 0.05) is 22.0 Å². The van der Waals surface area contributed by atoms with Gasteiger partial charge in [-0.05, 0) is 61.3 Å². The first kappa shape index (κ1) is 25.5. The Morgan fingerprint density at radius 3 is 2.09 bits per heavy atom. The molecule has 1 aromatic heterocycles. The van der Waals surface area contributed by atoms with Crippen molar-refractivity contribution in [2.24, 2.45) is 0 Å². The van der Waals surface area contributed by atoms with Crippen LogP contribution in [0.5, 0.6) is 0 Å². The summed E-state index contributed by atoms with van der Waals surface area (Å²) in [5, 5.41) is 1.21. The number of thiophene rings is 1. The number of nitrogens with two attached hydrogens (primary N) is 1. The smallest absolute Gasteiger partial charge is 0.196 e. The third-order valence-electron chi connectivity index (χ3n) is 5.94. The molecular weight excluding hydrogens is 448 g/mol. The Morgan fingerprint density at radius 2 is 1.52 bits per heavy atom. The largest absolute Gasteiger partial charge is 0.390 e. The van der Waals surface area contributed by atoms with Crippen LogP contribution in [0.1, 0.15) is 73.9 Å². The molecule has 0 aliphatic heterocycles. The van der Waals surface area contributed by atoms with Crippen molar-refractivity contribution in [2.75, 3.05) is 18.8 Å². The average molecular weight is 483 g/mol. The maximum Gasteiger partial charge on any atom is 0.196 e. The minimum atomic E-state index is -0.0281. The van der Waals surface area contributed by atoms with Crippen LogP contribution < -0.4 is 5.73 Å². The second-order valence-corrected chi connectivity index (χ2v) is 10.0. The molecule has 0 atom stereocenters. The Hall–Kier alpha value is -2.14. The Bertz CT molecular complexity index is 1000. The molecule has 0 aliphatic carbocycles. The highest BCUT2D eigenvalue weighted by Crippen LogP contribution is 2.40. The van der Waals surface area contributed by atoms with Gasteiger partial charge in [-0.25, -0.2) is 0 Å². The summed E-state index contributed by atoms with van der Waals surface area (Å²) in [4.78, 5) is 17.2. The van der Waals surface area contributed by atoms with E-state index < -0.39 is 0 Å². The van der Waals surface area contributed by atoms with Crippen molar-refractivity contribution in [3.05, 3.63) is 76.3 Å². The highest BCUT2D eigenvalue weighted by atomic mass is 35.5. The van der Waals surface area contributed by atoms with Crippen molar-refractivity contribution in [1.29, 1.82) is 0 Å². The summed E-state index contributed by atoms with van der Waals surface area (Å²) in [7, 11) is 0. The predicted molar refractivity (Wildman–Crippen MR) is 143 cm³/mol. The van der Waals surface area contributed by atoms with Gasteiger partial charge in [-0.15, -0.1) is 11.3 Å². The Balaban J connectivity index is 2.01. The van der Waals surface area contributed by atoms with E-state index >= 15 is 0 Å². The minimum absolute atomic E-state index is 0.0281. The lowest BCUT2D eigenvalue weighted by molar-refractivity contribution is 0.103. The van der Waals surface area contributed by atoms with Crippen molar-refractivity contribution in [1.82, 2.24) is 4.90 Å². The van der Waals surface area contributed by atoms with Gasteiger partial charge in [0.1, 0.15) is 0 Å². The standard InChI is InChI=1S/C28H35ClN2OS/c1-3-5-10-18-31(19-11-6-4-2)20-24-25(26(32)21-14-16-23(29)17-15-21)28(30)33-27(24)22-12-8-7-9-13-22/h7-9,12-17H,3-6,10-11,18-20,30H2,1-2H3. The van der Waals surface area contributed by atoms with Gasteiger partial charge in [-0.1, -0.05) is 81.5 Å². The molecule has 176 valence electrons. The number of benzene rings is 2. The van der Waals surface area contributed by atoms with Crippen LogP contribution >= 0.6 is 22.9 Å². The Kier molecular flexibility index (Phi) is 9.98. The summed E-state index contributed by atoms with van der Waals surface area (Å²) in [5.74, 6) is -0.0281. The fourth-order valence-electron chi connectivity index (χ4n) is 4.12. The first-order chi connectivity index (χ1) is 16.0. The molecule has 33 heavy (non-hydrogen) atoms. The van der Waals surface area contributed by atoms with E-state index in [1.54, 1.807) is 24.3 Å². The predicted octanol–water partition coefficient (Wildman–Crippen LogP) is 8.06. The minimum Gasteiger partial charge on any atom is -0.390 e. The van der Waals surface area contributed by atoms with E-state index in [2.05, 4.69) is 30.9 Å². The molecule has 0 amide bonds. The number of carbonyl (C=O) groups excluding carboxylic acids is 1. The maximum atomic E-state index is 13.6. The van der Waals surface area contributed by atoms with Crippen LogP contribution in [0.4, 0.5) is 5.00 Å². The van der Waals surface area contributed by atoms with Crippen LogP contribution in [-0.2, 0) is 6.54 Å². The maximum absolute atomic E-state index is 13.6. The second-order valence-electron chi connectivity index (χ2n) is 8.54. The van der Waals surface area contributed by atoms with E-state index in [0.29, 0.717) is 21.2 Å². The molecule has 3 aromatic rings. The molecule has 0 saturated heterocycles. The van der Waals surface area contributed by atoms with Crippen molar-refractivity contribution in [3.8, 4) is 10.4 Å². The van der Waals surface area contributed by atoms with Gasteiger partial charge in [0.2, 0.25) is 0 Å². The Labute approximate surface area is 207 Å². The fourth-order valence-corrected chi connectivity index (χ4v) is 5.32. The monoisotopic (exact) mass is 482 g/mol. The summed E-state index contributed by atoms with van der Waals surface area (Å²) >= 11 is 7.58. The van der Waals surface area contributed by atoms with Gasteiger partial charge in [-0.2, -0.15) is 0 Å². The molecule has 2 N–H and O–H groups in total. The van der Waals surface area contributed by atoms with E-state index in [4.69, 9.17) is 17.3 Å². The number of hydrogen-bond donors (Lipinski definition) is 1. The van der Waals surface area contributed by atoms with Crippen LogP contribution in [-0.4, -0.2) is 23.8 Å². The van der Waals surface area contributed by atoms with Crippen molar-refractivity contribution in [3.63, 3.8) is 0 Å². The average Bonchev–Trinajstić information content (AvgIpc) is 3.15. The number of nitrogen functional groups attached to an aromatic ring is 1. The van der Waals surface area contributed by atoms with E-state index in [1.165, 1.54) is 49.9 Å². The van der Waals surface area contributed by atoms with Gasteiger partial charge in [0.25, 0.3) is 0 Å². The van der Waals surface area contributed by atoms with E-state index in [9.17, 15) is 4.79 Å². The molecule has 1 heterocycles. The molecule has 0 fully saturated rings. The lowest BCUT2D eigenvalue weighted by atomic mass is 9.97. The molecule has 0 radical (unpaired) electrons. The van der Waals surface area contributed by atoms with Crippen molar-refractivity contribution < 1.29 is 4.79 Å². The van der Waals surface area contributed by atoms with Gasteiger partial charge in [0.15, 0.2) is 5.78 Å². The van der Waals surface area contributed by atoms with Gasteiger partial charge < -0.3 is 5.73 Å².